The molecular weight excluding hydrogens is 341 g/mol. The summed E-state index contributed by atoms with van der Waals surface area (Å²) in [6.07, 6.45) is 1.49. The molecule has 0 heterocycles. The van der Waals surface area contributed by atoms with Gasteiger partial charge in [-0.1, -0.05) is 52.9 Å². The Hall–Kier alpha value is -0.780. The fraction of sp³-hybridized carbons (Fsp3) is 0.500. The number of carbonyl (C=O) groups is 1. The van der Waals surface area contributed by atoms with Crippen LogP contribution in [0.1, 0.15) is 32.8 Å². The molecule has 0 aliphatic rings. The first kappa shape index (κ1) is 15.3. The van der Waals surface area contributed by atoms with Crippen LogP contribution < -0.4 is 5.32 Å². The zero-order valence-corrected chi connectivity index (χ0v) is 13.2. The van der Waals surface area contributed by atoms with Crippen LogP contribution in [-0.2, 0) is 11.2 Å². The molecule has 0 aromatic heterocycles. The van der Waals surface area contributed by atoms with Crippen molar-refractivity contribution in [2.75, 3.05) is 0 Å². The van der Waals surface area contributed by atoms with E-state index in [1.807, 2.05) is 39.0 Å². The molecule has 0 spiro atoms. The second kappa shape index (κ2) is 6.97. The van der Waals surface area contributed by atoms with Crippen LogP contribution in [0, 0.1) is 0 Å². The number of halogens is 1. The zero-order chi connectivity index (χ0) is 13.6. The Labute approximate surface area is 122 Å². The van der Waals surface area contributed by atoms with Crippen molar-refractivity contribution in [1.82, 2.24) is 5.32 Å². The number of aryl methyl sites for hydroxylation is 1. The average Bonchev–Trinajstić information content (AvgIpc) is 2.25. The summed E-state index contributed by atoms with van der Waals surface area (Å²) >= 11 is 2.22. The number of carbonyl (C=O) groups excluding carboxylic acids is 1. The number of hydrogen-bond acceptors (Lipinski definition) is 2. The van der Waals surface area contributed by atoms with E-state index in [0.717, 1.165) is 12.8 Å². The standard InChI is InChI=1S/C14H20INO2/c1-14(2,3)18-13(17)16-12(15)10-9-11-7-5-4-6-8-11/h4-8,12H,9-10H2,1-3H3,(H,16,17)/t12-/m0/s1. The fourth-order valence-corrected chi connectivity index (χ4v) is 2.01. The van der Waals surface area contributed by atoms with Gasteiger partial charge in [-0.15, -0.1) is 0 Å². The Morgan fingerprint density at radius 2 is 1.94 bits per heavy atom. The molecule has 0 unspecified atom stereocenters. The van der Waals surface area contributed by atoms with Gasteiger partial charge in [-0.05, 0) is 39.2 Å². The highest BCUT2D eigenvalue weighted by atomic mass is 127. The minimum atomic E-state index is -0.445. The fourth-order valence-electron chi connectivity index (χ4n) is 1.45. The van der Waals surface area contributed by atoms with Crippen molar-refractivity contribution in [2.45, 2.75) is 43.3 Å². The topological polar surface area (TPSA) is 38.3 Å². The van der Waals surface area contributed by atoms with Gasteiger partial charge in [-0.2, -0.15) is 0 Å². The maximum Gasteiger partial charge on any atom is 0.408 e. The molecule has 3 nitrogen and oxygen atoms in total. The van der Waals surface area contributed by atoms with E-state index in [4.69, 9.17) is 4.74 Å². The molecule has 100 valence electrons. The molecule has 0 aliphatic heterocycles. The van der Waals surface area contributed by atoms with E-state index >= 15 is 0 Å². The number of alkyl halides is 1. The summed E-state index contributed by atoms with van der Waals surface area (Å²) in [5.74, 6) is 0. The lowest BCUT2D eigenvalue weighted by Gasteiger charge is -2.21. The molecule has 0 fully saturated rings. The number of hydrogen-bond donors (Lipinski definition) is 1. The monoisotopic (exact) mass is 361 g/mol. The van der Waals surface area contributed by atoms with Gasteiger partial charge in [0, 0.05) is 0 Å². The highest BCUT2D eigenvalue weighted by Gasteiger charge is 2.17. The van der Waals surface area contributed by atoms with Crippen molar-refractivity contribution in [1.29, 1.82) is 0 Å². The smallest absolute Gasteiger partial charge is 0.408 e. The number of benzene rings is 1. The first-order chi connectivity index (χ1) is 8.37. The lowest BCUT2D eigenvalue weighted by atomic mass is 10.1. The largest absolute Gasteiger partial charge is 0.444 e. The third-order valence-corrected chi connectivity index (χ3v) is 3.14. The summed E-state index contributed by atoms with van der Waals surface area (Å²) in [4.78, 5) is 11.5. The molecule has 0 radical (unpaired) electrons. The second-order valence-corrected chi connectivity index (χ2v) is 6.64. The van der Waals surface area contributed by atoms with Gasteiger partial charge in [0.15, 0.2) is 0 Å². The zero-order valence-electron chi connectivity index (χ0n) is 11.1. The van der Waals surface area contributed by atoms with Gasteiger partial charge in [0.25, 0.3) is 0 Å². The van der Waals surface area contributed by atoms with E-state index in [9.17, 15) is 4.79 Å². The maximum absolute atomic E-state index is 11.5. The minimum absolute atomic E-state index is 0.0812. The Kier molecular flexibility index (Phi) is 5.91. The van der Waals surface area contributed by atoms with Gasteiger partial charge in [-0.25, -0.2) is 4.79 Å². The third kappa shape index (κ3) is 6.83. The number of ether oxygens (including phenoxy) is 1. The van der Waals surface area contributed by atoms with Crippen molar-refractivity contribution < 1.29 is 9.53 Å². The summed E-state index contributed by atoms with van der Waals surface area (Å²) in [7, 11) is 0. The van der Waals surface area contributed by atoms with Crippen molar-refractivity contribution in [2.24, 2.45) is 0 Å². The first-order valence-electron chi connectivity index (χ1n) is 6.04. The van der Waals surface area contributed by atoms with Gasteiger partial charge < -0.3 is 10.1 Å². The van der Waals surface area contributed by atoms with Crippen molar-refractivity contribution in [3.8, 4) is 0 Å². The summed E-state index contributed by atoms with van der Waals surface area (Å²) in [6, 6.07) is 10.2. The molecule has 1 rings (SSSR count). The molecule has 1 amide bonds. The number of amides is 1. The summed E-state index contributed by atoms with van der Waals surface area (Å²) in [5.41, 5.74) is 0.838. The molecule has 1 aromatic carbocycles. The molecule has 4 heteroatoms. The van der Waals surface area contributed by atoms with Crippen molar-refractivity contribution in [3.05, 3.63) is 35.9 Å². The Balaban J connectivity index is 2.29. The van der Waals surface area contributed by atoms with E-state index in [0.29, 0.717) is 0 Å². The lowest BCUT2D eigenvalue weighted by Crippen LogP contribution is -2.36. The quantitative estimate of drug-likeness (QED) is 0.502. The normalized spacial score (nSPS) is 12.9. The Morgan fingerprint density at radius 1 is 1.33 bits per heavy atom. The number of rotatable bonds is 4. The molecule has 0 saturated carbocycles. The molecule has 0 aliphatic carbocycles. The SMILES string of the molecule is CC(C)(C)OC(=O)N[C@H](I)CCc1ccccc1. The predicted molar refractivity (Wildman–Crippen MR) is 81.9 cm³/mol. The molecule has 1 N–H and O–H groups in total. The van der Waals surface area contributed by atoms with E-state index < -0.39 is 5.60 Å². The van der Waals surface area contributed by atoms with Crippen LogP contribution in [0.4, 0.5) is 4.79 Å². The maximum atomic E-state index is 11.5. The van der Waals surface area contributed by atoms with Gasteiger partial charge in [0.1, 0.15) is 5.60 Å². The average molecular weight is 361 g/mol. The van der Waals surface area contributed by atoms with Crippen LogP contribution in [0.25, 0.3) is 0 Å². The van der Waals surface area contributed by atoms with E-state index in [1.54, 1.807) is 0 Å². The molecular formula is C14H20INO2. The van der Waals surface area contributed by atoms with Gasteiger partial charge in [0.2, 0.25) is 0 Å². The summed E-state index contributed by atoms with van der Waals surface area (Å²) in [5, 5.41) is 2.83. The summed E-state index contributed by atoms with van der Waals surface area (Å²) < 4.78 is 5.29. The van der Waals surface area contributed by atoms with Gasteiger partial charge in [-0.3, -0.25) is 0 Å². The van der Waals surface area contributed by atoms with Crippen LogP contribution in [0.5, 0.6) is 0 Å². The molecule has 1 atom stereocenters. The number of nitrogens with one attached hydrogen (secondary N) is 1. The van der Waals surface area contributed by atoms with E-state index in [1.165, 1.54) is 5.56 Å². The molecule has 1 aromatic rings. The second-order valence-electron chi connectivity index (χ2n) is 5.14. The van der Waals surface area contributed by atoms with E-state index in [-0.39, 0.29) is 10.1 Å². The molecule has 0 saturated heterocycles. The van der Waals surface area contributed by atoms with Gasteiger partial charge >= 0.3 is 6.09 Å². The van der Waals surface area contributed by atoms with Crippen LogP contribution in [0.3, 0.4) is 0 Å². The minimum Gasteiger partial charge on any atom is -0.444 e. The highest BCUT2D eigenvalue weighted by molar-refractivity contribution is 14.1. The highest BCUT2D eigenvalue weighted by Crippen LogP contribution is 2.11. The van der Waals surface area contributed by atoms with Crippen LogP contribution in [0.2, 0.25) is 0 Å². The molecule has 18 heavy (non-hydrogen) atoms. The Bertz CT molecular complexity index is 373. The van der Waals surface area contributed by atoms with E-state index in [2.05, 4.69) is 40.0 Å². The van der Waals surface area contributed by atoms with Crippen molar-refractivity contribution in [3.63, 3.8) is 0 Å². The van der Waals surface area contributed by atoms with Crippen LogP contribution in [-0.4, -0.2) is 15.7 Å². The van der Waals surface area contributed by atoms with Crippen LogP contribution >= 0.6 is 22.6 Å². The Morgan fingerprint density at radius 3 is 2.50 bits per heavy atom. The first-order valence-corrected chi connectivity index (χ1v) is 7.29. The lowest BCUT2D eigenvalue weighted by molar-refractivity contribution is 0.0523. The predicted octanol–water partition coefficient (Wildman–Crippen LogP) is 3.91. The van der Waals surface area contributed by atoms with Gasteiger partial charge in [0.05, 0.1) is 4.05 Å². The van der Waals surface area contributed by atoms with Crippen molar-refractivity contribution >= 4 is 28.7 Å². The summed E-state index contributed by atoms with van der Waals surface area (Å²) in [6.45, 7) is 5.58. The molecule has 0 bridgehead atoms. The third-order valence-electron chi connectivity index (χ3n) is 2.20. The number of alkyl carbamates (subject to hydrolysis) is 1. The van der Waals surface area contributed by atoms with Crippen LogP contribution in [0.15, 0.2) is 30.3 Å².